The average molecular weight is 346 g/mol. The molecule has 4 rings (SSSR count). The van der Waals surface area contributed by atoms with Crippen LogP contribution in [-0.2, 0) is 11.3 Å². The predicted molar refractivity (Wildman–Crippen MR) is 90.2 cm³/mol. The van der Waals surface area contributed by atoms with Crippen LogP contribution in [0.5, 0.6) is 0 Å². The van der Waals surface area contributed by atoms with E-state index in [-0.39, 0.29) is 11.8 Å². The highest BCUT2D eigenvalue weighted by atomic mass is 35.5. The minimum atomic E-state index is 0.180. The topological polar surface area (TPSA) is 59.2 Å². The Kier molecular flexibility index (Phi) is 4.04. The summed E-state index contributed by atoms with van der Waals surface area (Å²) in [6.07, 6.45) is 4.15. The molecular formula is C18H20ClN3O2. The summed E-state index contributed by atoms with van der Waals surface area (Å²) in [5, 5.41) is 8.89. The van der Waals surface area contributed by atoms with Crippen molar-refractivity contribution in [2.75, 3.05) is 0 Å². The molecule has 6 heteroatoms. The summed E-state index contributed by atoms with van der Waals surface area (Å²) in [7, 11) is 0. The summed E-state index contributed by atoms with van der Waals surface area (Å²) in [4.78, 5) is 14.6. The monoisotopic (exact) mass is 345 g/mol. The highest BCUT2D eigenvalue weighted by molar-refractivity contribution is 6.30. The Balaban J connectivity index is 1.47. The van der Waals surface area contributed by atoms with Crippen LogP contribution < -0.4 is 0 Å². The van der Waals surface area contributed by atoms with E-state index in [2.05, 4.69) is 17.1 Å². The fraction of sp³-hybridized carbons (Fsp3) is 0.500. The van der Waals surface area contributed by atoms with Crippen molar-refractivity contribution in [1.82, 2.24) is 15.1 Å². The van der Waals surface area contributed by atoms with E-state index in [0.717, 1.165) is 31.2 Å². The van der Waals surface area contributed by atoms with Crippen molar-refractivity contribution in [3.63, 3.8) is 0 Å². The zero-order chi connectivity index (χ0) is 16.7. The van der Waals surface area contributed by atoms with Gasteiger partial charge < -0.3 is 9.32 Å². The number of amides is 1. The fourth-order valence-electron chi connectivity index (χ4n) is 3.28. The lowest BCUT2D eigenvalue weighted by molar-refractivity contribution is -0.141. The molecule has 0 saturated heterocycles. The third-order valence-corrected chi connectivity index (χ3v) is 5.11. The molecule has 1 amide bonds. The number of carbonyl (C=O) groups excluding carboxylic acids is 1. The van der Waals surface area contributed by atoms with E-state index >= 15 is 0 Å². The Morgan fingerprint density at radius 3 is 2.58 bits per heavy atom. The van der Waals surface area contributed by atoms with E-state index < -0.39 is 0 Å². The first-order valence-corrected chi connectivity index (χ1v) is 8.87. The summed E-state index contributed by atoms with van der Waals surface area (Å²) >= 11 is 5.90. The van der Waals surface area contributed by atoms with Crippen molar-refractivity contribution >= 4 is 17.5 Å². The number of aromatic nitrogens is 2. The maximum atomic E-state index is 12.7. The Hall–Kier alpha value is -1.88. The van der Waals surface area contributed by atoms with Crippen LogP contribution in [0.3, 0.4) is 0 Å². The highest BCUT2D eigenvalue weighted by Gasteiger charge is 2.40. The minimum absolute atomic E-state index is 0.180. The number of benzene rings is 1. The maximum Gasteiger partial charge on any atom is 0.247 e. The molecule has 126 valence electrons. The standard InChI is InChI=1S/C18H20ClN3O2/c1-11-8-13(9-11)18(23)22(15-6-7-15)10-16-20-21-17(24-16)12-2-4-14(19)5-3-12/h2-5,11,13,15H,6-10H2,1H3. The Labute approximate surface area is 146 Å². The van der Waals surface area contributed by atoms with Crippen LogP contribution in [0.2, 0.25) is 5.02 Å². The van der Waals surface area contributed by atoms with E-state index in [1.165, 1.54) is 0 Å². The highest BCUT2D eigenvalue weighted by Crippen LogP contribution is 2.38. The molecule has 5 nitrogen and oxygen atoms in total. The van der Waals surface area contributed by atoms with Gasteiger partial charge in [-0.3, -0.25) is 4.79 Å². The summed E-state index contributed by atoms with van der Waals surface area (Å²) in [6, 6.07) is 7.62. The van der Waals surface area contributed by atoms with Crippen LogP contribution in [-0.4, -0.2) is 27.0 Å². The minimum Gasteiger partial charge on any atom is -0.419 e. The number of hydrogen-bond acceptors (Lipinski definition) is 4. The number of halogens is 1. The van der Waals surface area contributed by atoms with E-state index in [9.17, 15) is 4.79 Å². The van der Waals surface area contributed by atoms with E-state index in [4.69, 9.17) is 16.0 Å². The van der Waals surface area contributed by atoms with Gasteiger partial charge in [0.1, 0.15) is 0 Å². The molecule has 2 saturated carbocycles. The van der Waals surface area contributed by atoms with Gasteiger partial charge in [0.2, 0.25) is 17.7 Å². The first kappa shape index (κ1) is 15.6. The van der Waals surface area contributed by atoms with Crippen molar-refractivity contribution in [2.24, 2.45) is 11.8 Å². The van der Waals surface area contributed by atoms with Crippen molar-refractivity contribution < 1.29 is 9.21 Å². The van der Waals surface area contributed by atoms with E-state index in [1.54, 1.807) is 12.1 Å². The number of hydrogen-bond donors (Lipinski definition) is 0. The Bertz CT molecular complexity index is 733. The Morgan fingerprint density at radius 1 is 1.25 bits per heavy atom. The second-order valence-electron chi connectivity index (χ2n) is 6.98. The second kappa shape index (κ2) is 6.20. The lowest BCUT2D eigenvalue weighted by Gasteiger charge is -2.35. The van der Waals surface area contributed by atoms with Crippen LogP contribution in [0.25, 0.3) is 11.5 Å². The normalized spacial score (nSPS) is 22.9. The van der Waals surface area contributed by atoms with Crippen LogP contribution in [0.4, 0.5) is 0 Å². The molecule has 1 aromatic heterocycles. The third kappa shape index (κ3) is 3.18. The first-order chi connectivity index (χ1) is 11.6. The first-order valence-electron chi connectivity index (χ1n) is 8.49. The van der Waals surface area contributed by atoms with Gasteiger partial charge in [0.25, 0.3) is 0 Å². The van der Waals surface area contributed by atoms with Crippen LogP contribution in [0, 0.1) is 11.8 Å². The lowest BCUT2D eigenvalue weighted by atomic mass is 9.75. The van der Waals surface area contributed by atoms with Crippen LogP contribution >= 0.6 is 11.6 Å². The molecule has 2 aliphatic carbocycles. The second-order valence-corrected chi connectivity index (χ2v) is 7.42. The maximum absolute atomic E-state index is 12.7. The molecule has 2 aliphatic rings. The van der Waals surface area contributed by atoms with E-state index in [1.807, 2.05) is 17.0 Å². The van der Waals surface area contributed by atoms with Gasteiger partial charge in [0, 0.05) is 22.5 Å². The van der Waals surface area contributed by atoms with Crippen molar-refractivity contribution in [3.05, 3.63) is 35.2 Å². The van der Waals surface area contributed by atoms with Crippen molar-refractivity contribution in [1.29, 1.82) is 0 Å². The zero-order valence-electron chi connectivity index (χ0n) is 13.6. The molecule has 1 aromatic carbocycles. The zero-order valence-corrected chi connectivity index (χ0v) is 14.4. The fourth-order valence-corrected chi connectivity index (χ4v) is 3.41. The lowest BCUT2D eigenvalue weighted by Crippen LogP contribution is -2.42. The molecule has 2 fully saturated rings. The number of rotatable bonds is 5. The molecule has 0 bridgehead atoms. The molecule has 0 aliphatic heterocycles. The molecule has 1 heterocycles. The molecule has 0 radical (unpaired) electrons. The number of nitrogens with zero attached hydrogens (tertiary/aromatic N) is 3. The largest absolute Gasteiger partial charge is 0.419 e. The Morgan fingerprint density at radius 2 is 1.96 bits per heavy atom. The molecule has 0 spiro atoms. The van der Waals surface area contributed by atoms with Gasteiger partial charge in [0.15, 0.2) is 0 Å². The van der Waals surface area contributed by atoms with Crippen LogP contribution in [0.1, 0.15) is 38.5 Å². The molecule has 0 N–H and O–H groups in total. The van der Waals surface area contributed by atoms with Gasteiger partial charge in [-0.2, -0.15) is 0 Å². The van der Waals surface area contributed by atoms with Crippen LogP contribution in [0.15, 0.2) is 28.7 Å². The smallest absolute Gasteiger partial charge is 0.247 e. The molecule has 0 unspecified atom stereocenters. The summed E-state index contributed by atoms with van der Waals surface area (Å²) in [5.74, 6) is 2.05. The number of carbonyl (C=O) groups is 1. The molecule has 24 heavy (non-hydrogen) atoms. The third-order valence-electron chi connectivity index (χ3n) is 4.86. The van der Waals surface area contributed by atoms with Gasteiger partial charge >= 0.3 is 0 Å². The van der Waals surface area contributed by atoms with Gasteiger partial charge in [-0.05, 0) is 55.9 Å². The van der Waals surface area contributed by atoms with Gasteiger partial charge in [-0.25, -0.2) is 0 Å². The molecule has 0 atom stereocenters. The quantitative estimate of drug-likeness (QED) is 0.823. The molecular weight excluding hydrogens is 326 g/mol. The summed E-state index contributed by atoms with van der Waals surface area (Å²) in [5.41, 5.74) is 0.829. The van der Waals surface area contributed by atoms with Crippen molar-refractivity contribution in [3.8, 4) is 11.5 Å². The van der Waals surface area contributed by atoms with Gasteiger partial charge in [-0.15, -0.1) is 10.2 Å². The summed E-state index contributed by atoms with van der Waals surface area (Å²) in [6.45, 7) is 2.61. The summed E-state index contributed by atoms with van der Waals surface area (Å²) < 4.78 is 5.76. The SMILES string of the molecule is CC1CC(C(=O)N(Cc2nnc(-c3ccc(Cl)cc3)o2)C2CC2)C1. The molecule has 2 aromatic rings. The predicted octanol–water partition coefficient (Wildman–Crippen LogP) is 3.93. The van der Waals surface area contributed by atoms with Gasteiger partial charge in [0.05, 0.1) is 6.54 Å². The van der Waals surface area contributed by atoms with Crippen molar-refractivity contribution in [2.45, 2.75) is 45.2 Å². The van der Waals surface area contributed by atoms with Gasteiger partial charge in [-0.1, -0.05) is 18.5 Å². The van der Waals surface area contributed by atoms with E-state index in [0.29, 0.717) is 35.3 Å². The average Bonchev–Trinajstić information content (AvgIpc) is 3.28.